The van der Waals surface area contributed by atoms with Gasteiger partial charge >= 0.3 is 0 Å². The van der Waals surface area contributed by atoms with Crippen LogP contribution in [-0.2, 0) is 4.79 Å². The van der Waals surface area contributed by atoms with E-state index in [1.807, 2.05) is 6.07 Å². The third-order valence-corrected chi connectivity index (χ3v) is 4.21. The Labute approximate surface area is 109 Å². The lowest BCUT2D eigenvalue weighted by Crippen LogP contribution is -2.27. The molecule has 94 valence electrons. The van der Waals surface area contributed by atoms with E-state index in [-0.39, 0.29) is 16.7 Å². The van der Waals surface area contributed by atoms with Crippen LogP contribution in [0.4, 0.5) is 10.1 Å². The van der Waals surface area contributed by atoms with Gasteiger partial charge in [-0.15, -0.1) is 11.8 Å². The lowest BCUT2D eigenvalue weighted by Gasteiger charge is -2.20. The quantitative estimate of drug-likeness (QED) is 0.893. The number of anilines is 1. The Morgan fingerprint density at radius 2 is 2.33 bits per heavy atom. The molecule has 1 N–H and O–H groups in total. The van der Waals surface area contributed by atoms with Gasteiger partial charge in [-0.1, -0.05) is 6.42 Å². The van der Waals surface area contributed by atoms with Gasteiger partial charge in [0.15, 0.2) is 0 Å². The van der Waals surface area contributed by atoms with Crippen molar-refractivity contribution in [2.75, 3.05) is 11.1 Å². The summed E-state index contributed by atoms with van der Waals surface area (Å²) in [6.45, 7) is 0. The molecule has 1 atom stereocenters. The van der Waals surface area contributed by atoms with E-state index in [0.717, 1.165) is 31.1 Å². The summed E-state index contributed by atoms with van der Waals surface area (Å²) in [6.07, 6.45) is 3.06. The highest BCUT2D eigenvalue weighted by molar-refractivity contribution is 8.00. The van der Waals surface area contributed by atoms with Crippen molar-refractivity contribution in [3.63, 3.8) is 0 Å². The van der Waals surface area contributed by atoms with Crippen molar-refractivity contribution in [3.8, 4) is 6.07 Å². The number of amides is 1. The number of hydrogen-bond acceptors (Lipinski definition) is 3. The van der Waals surface area contributed by atoms with Crippen LogP contribution in [0, 0.1) is 17.1 Å². The highest BCUT2D eigenvalue weighted by atomic mass is 32.2. The Bertz CT molecular complexity index is 492. The monoisotopic (exact) mass is 264 g/mol. The molecule has 0 radical (unpaired) electrons. The first-order valence-electron chi connectivity index (χ1n) is 5.83. The number of nitriles is 1. The second-order valence-corrected chi connectivity index (χ2v) is 5.46. The van der Waals surface area contributed by atoms with Gasteiger partial charge in [0.2, 0.25) is 5.91 Å². The summed E-state index contributed by atoms with van der Waals surface area (Å²) < 4.78 is 13.0. The number of halogens is 1. The fourth-order valence-electron chi connectivity index (χ4n) is 1.88. The van der Waals surface area contributed by atoms with Gasteiger partial charge in [-0.25, -0.2) is 4.39 Å². The molecule has 1 aromatic carbocycles. The van der Waals surface area contributed by atoms with Crippen LogP contribution in [0.25, 0.3) is 0 Å². The van der Waals surface area contributed by atoms with E-state index in [1.165, 1.54) is 12.1 Å². The molecule has 1 fully saturated rings. The first-order chi connectivity index (χ1) is 8.70. The van der Waals surface area contributed by atoms with E-state index in [1.54, 1.807) is 11.8 Å². The third kappa shape index (κ3) is 3.02. The van der Waals surface area contributed by atoms with Gasteiger partial charge in [-0.05, 0) is 36.8 Å². The van der Waals surface area contributed by atoms with Crippen molar-refractivity contribution in [2.45, 2.75) is 24.5 Å². The van der Waals surface area contributed by atoms with Crippen LogP contribution < -0.4 is 5.32 Å². The maximum Gasteiger partial charge on any atom is 0.237 e. The number of rotatable bonds is 2. The normalized spacial score (nSPS) is 19.0. The van der Waals surface area contributed by atoms with Crippen LogP contribution in [0.15, 0.2) is 18.2 Å². The summed E-state index contributed by atoms with van der Waals surface area (Å²) in [7, 11) is 0. The minimum Gasteiger partial charge on any atom is -0.324 e. The molecule has 18 heavy (non-hydrogen) atoms. The molecular weight excluding hydrogens is 251 g/mol. The predicted octanol–water partition coefficient (Wildman–Crippen LogP) is 2.92. The molecule has 1 unspecified atom stereocenters. The number of thioether (sulfide) groups is 1. The van der Waals surface area contributed by atoms with E-state index >= 15 is 0 Å². The Morgan fingerprint density at radius 1 is 1.50 bits per heavy atom. The summed E-state index contributed by atoms with van der Waals surface area (Å²) in [5.74, 6) is 0.423. The molecule has 1 aliphatic heterocycles. The average molecular weight is 264 g/mol. The van der Waals surface area contributed by atoms with E-state index in [0.29, 0.717) is 5.69 Å². The largest absolute Gasteiger partial charge is 0.324 e. The summed E-state index contributed by atoms with van der Waals surface area (Å²) in [5, 5.41) is 11.5. The zero-order valence-electron chi connectivity index (χ0n) is 9.78. The highest BCUT2D eigenvalue weighted by Gasteiger charge is 2.22. The van der Waals surface area contributed by atoms with Crippen LogP contribution in [-0.4, -0.2) is 16.9 Å². The summed E-state index contributed by atoms with van der Waals surface area (Å²) >= 11 is 1.64. The molecule has 3 nitrogen and oxygen atoms in total. The van der Waals surface area contributed by atoms with Crippen molar-refractivity contribution in [2.24, 2.45) is 0 Å². The van der Waals surface area contributed by atoms with Gasteiger partial charge in [0, 0.05) is 0 Å². The predicted molar refractivity (Wildman–Crippen MR) is 69.8 cm³/mol. The van der Waals surface area contributed by atoms with Gasteiger partial charge in [-0.3, -0.25) is 4.79 Å². The molecular formula is C13H13FN2OS. The van der Waals surface area contributed by atoms with Gasteiger partial charge in [-0.2, -0.15) is 5.26 Å². The first-order valence-corrected chi connectivity index (χ1v) is 6.87. The molecule has 5 heteroatoms. The van der Waals surface area contributed by atoms with Crippen molar-refractivity contribution in [1.82, 2.24) is 0 Å². The Hall–Kier alpha value is -1.54. The van der Waals surface area contributed by atoms with E-state index in [4.69, 9.17) is 5.26 Å². The van der Waals surface area contributed by atoms with Crippen LogP contribution in [0.1, 0.15) is 24.8 Å². The van der Waals surface area contributed by atoms with Crippen molar-refractivity contribution >= 4 is 23.4 Å². The van der Waals surface area contributed by atoms with Gasteiger partial charge in [0.05, 0.1) is 16.5 Å². The minimum absolute atomic E-state index is 0.0599. The second-order valence-electron chi connectivity index (χ2n) is 4.15. The van der Waals surface area contributed by atoms with E-state index in [9.17, 15) is 9.18 Å². The van der Waals surface area contributed by atoms with Crippen molar-refractivity contribution in [3.05, 3.63) is 29.6 Å². The SMILES string of the molecule is N#Cc1cc(F)ccc1NC(=O)C1CCCCS1. The van der Waals surface area contributed by atoms with Gasteiger partial charge < -0.3 is 5.32 Å². The molecule has 0 saturated carbocycles. The summed E-state index contributed by atoms with van der Waals surface area (Å²) in [5.41, 5.74) is 0.541. The lowest BCUT2D eigenvalue weighted by atomic mass is 10.1. The molecule has 0 bridgehead atoms. The minimum atomic E-state index is -0.475. The molecule has 0 aliphatic carbocycles. The fraction of sp³-hybridized carbons (Fsp3) is 0.385. The Balaban J connectivity index is 2.09. The molecule has 0 aromatic heterocycles. The molecule has 1 aliphatic rings. The molecule has 1 heterocycles. The van der Waals surface area contributed by atoms with Gasteiger partial charge in [0.1, 0.15) is 11.9 Å². The highest BCUT2D eigenvalue weighted by Crippen LogP contribution is 2.26. The van der Waals surface area contributed by atoms with E-state index in [2.05, 4.69) is 5.32 Å². The zero-order chi connectivity index (χ0) is 13.0. The fourth-order valence-corrected chi connectivity index (χ4v) is 3.08. The van der Waals surface area contributed by atoms with E-state index < -0.39 is 5.82 Å². The average Bonchev–Trinajstić information content (AvgIpc) is 2.41. The topological polar surface area (TPSA) is 52.9 Å². The molecule has 2 rings (SSSR count). The lowest BCUT2D eigenvalue weighted by molar-refractivity contribution is -0.115. The number of nitrogens with one attached hydrogen (secondary N) is 1. The van der Waals surface area contributed by atoms with Crippen LogP contribution in [0.2, 0.25) is 0 Å². The second kappa shape index (κ2) is 5.87. The number of hydrogen-bond donors (Lipinski definition) is 1. The molecule has 1 amide bonds. The van der Waals surface area contributed by atoms with Gasteiger partial charge in [0.25, 0.3) is 0 Å². The Morgan fingerprint density at radius 3 is 3.00 bits per heavy atom. The number of carbonyl (C=O) groups excluding carboxylic acids is 1. The Kier molecular flexibility index (Phi) is 4.21. The van der Waals surface area contributed by atoms with Crippen molar-refractivity contribution in [1.29, 1.82) is 5.26 Å². The van der Waals surface area contributed by atoms with Crippen LogP contribution >= 0.6 is 11.8 Å². The molecule has 0 spiro atoms. The van der Waals surface area contributed by atoms with Crippen LogP contribution in [0.3, 0.4) is 0 Å². The molecule has 1 aromatic rings. The number of nitrogens with zero attached hydrogens (tertiary/aromatic N) is 1. The summed E-state index contributed by atoms with van der Waals surface area (Å²) in [4.78, 5) is 12.0. The summed E-state index contributed by atoms with van der Waals surface area (Å²) in [6, 6.07) is 5.68. The molecule has 1 saturated heterocycles. The number of carbonyl (C=O) groups is 1. The third-order valence-electron chi connectivity index (χ3n) is 2.83. The standard InChI is InChI=1S/C13H13FN2OS/c14-10-4-5-11(9(7-10)8-15)16-13(17)12-3-1-2-6-18-12/h4-5,7,12H,1-3,6H2,(H,16,17). The number of benzene rings is 1. The maximum absolute atomic E-state index is 13.0. The zero-order valence-corrected chi connectivity index (χ0v) is 10.6. The van der Waals surface area contributed by atoms with Crippen molar-refractivity contribution < 1.29 is 9.18 Å². The first kappa shape index (κ1) is 12.9. The maximum atomic E-state index is 13.0. The van der Waals surface area contributed by atoms with Crippen LogP contribution in [0.5, 0.6) is 0 Å². The smallest absolute Gasteiger partial charge is 0.237 e.